The van der Waals surface area contributed by atoms with E-state index in [1.165, 1.54) is 0 Å². The lowest BCUT2D eigenvalue weighted by atomic mass is 9.70. The number of hydrogen-bond acceptors (Lipinski definition) is 7. The Morgan fingerprint density at radius 1 is 1.10 bits per heavy atom. The van der Waals surface area contributed by atoms with Crippen LogP contribution in [0.4, 0.5) is 0 Å². The SMILES string of the molecule is C=CCCC(=O)N(C)[C@@H](C)[C@@H](OC(=O)[C@@H]1[C@H]2C(=O)N(CCCCO)[C@H](C(=O)N(CC=C)C3CCCCC3)[C@]23CC[C@H]1O3)c1ccccc1. The highest BCUT2D eigenvalue weighted by Gasteiger charge is 2.75. The van der Waals surface area contributed by atoms with E-state index in [0.29, 0.717) is 45.1 Å². The molecule has 1 aromatic rings. The summed E-state index contributed by atoms with van der Waals surface area (Å²) in [6, 6.07) is 8.04. The second-order valence-corrected chi connectivity index (χ2v) is 13.9. The molecule has 4 aliphatic rings. The number of likely N-dealkylation sites (N-methyl/N-ethyl adjacent to an activating group) is 1. The molecular formula is C38H53N3O7. The van der Waals surface area contributed by atoms with Crippen molar-refractivity contribution in [3.63, 3.8) is 0 Å². The third kappa shape index (κ3) is 6.83. The predicted octanol–water partition coefficient (Wildman–Crippen LogP) is 4.58. The topological polar surface area (TPSA) is 117 Å². The summed E-state index contributed by atoms with van der Waals surface area (Å²) in [5.41, 5.74) is -0.398. The molecule has 10 heteroatoms. The van der Waals surface area contributed by atoms with E-state index < -0.39 is 47.7 Å². The summed E-state index contributed by atoms with van der Waals surface area (Å²) in [7, 11) is 1.71. The predicted molar refractivity (Wildman–Crippen MR) is 181 cm³/mol. The summed E-state index contributed by atoms with van der Waals surface area (Å²) in [6.07, 6.45) is 10.0. The first kappa shape index (κ1) is 35.8. The molecule has 0 aromatic heterocycles. The largest absolute Gasteiger partial charge is 0.455 e. The molecule has 5 rings (SSSR count). The average Bonchev–Trinajstić information content (AvgIpc) is 3.75. The van der Waals surface area contributed by atoms with E-state index in [4.69, 9.17) is 9.47 Å². The third-order valence-corrected chi connectivity index (χ3v) is 11.1. The Morgan fingerprint density at radius 3 is 2.50 bits per heavy atom. The van der Waals surface area contributed by atoms with Crippen LogP contribution in [0.1, 0.15) is 89.2 Å². The molecule has 3 heterocycles. The van der Waals surface area contributed by atoms with Crippen molar-refractivity contribution in [2.24, 2.45) is 11.8 Å². The van der Waals surface area contributed by atoms with Crippen LogP contribution in [0, 0.1) is 11.8 Å². The number of aliphatic hydroxyl groups is 1. The van der Waals surface area contributed by atoms with Gasteiger partial charge in [-0.15, -0.1) is 13.2 Å². The monoisotopic (exact) mass is 663 g/mol. The number of benzene rings is 1. The van der Waals surface area contributed by atoms with Crippen molar-refractivity contribution in [2.45, 2.75) is 113 Å². The number of fused-ring (bicyclic) bond motifs is 1. The van der Waals surface area contributed by atoms with E-state index in [2.05, 4.69) is 13.2 Å². The number of esters is 1. The highest BCUT2D eigenvalue weighted by Crippen LogP contribution is 2.59. The second-order valence-electron chi connectivity index (χ2n) is 13.9. The van der Waals surface area contributed by atoms with E-state index >= 15 is 0 Å². The fraction of sp³-hybridized carbons (Fsp3) is 0.632. The Labute approximate surface area is 285 Å². The molecule has 1 saturated carbocycles. The lowest BCUT2D eigenvalue weighted by molar-refractivity contribution is -0.164. The van der Waals surface area contributed by atoms with Crippen LogP contribution in [0.15, 0.2) is 55.6 Å². The Morgan fingerprint density at radius 2 is 1.83 bits per heavy atom. The minimum atomic E-state index is -1.14. The van der Waals surface area contributed by atoms with Gasteiger partial charge in [-0.2, -0.15) is 0 Å². The first-order valence-corrected chi connectivity index (χ1v) is 17.8. The summed E-state index contributed by atoms with van der Waals surface area (Å²) in [5, 5.41) is 9.52. The molecule has 262 valence electrons. The van der Waals surface area contributed by atoms with Gasteiger partial charge in [0.25, 0.3) is 0 Å². The van der Waals surface area contributed by atoms with Gasteiger partial charge in [-0.1, -0.05) is 61.7 Å². The first-order valence-electron chi connectivity index (χ1n) is 17.8. The standard InChI is InChI=1S/C38H53N3O7/c1-5-7-20-30(43)39(4)26(3)33(27-16-10-8-11-17-27)47-37(46)31-29-21-22-38(48-29)32(31)35(44)41(24-14-15-25-42)34(38)36(45)40(23-6-2)28-18-12-9-13-19-28/h5-6,8,10-11,16-17,26,28-29,31-34,42H,1-2,7,9,12-15,18-25H2,3-4H3/t26-,29+,31-,32-,33+,34+,38-/m0/s1. The van der Waals surface area contributed by atoms with Crippen molar-refractivity contribution in [1.82, 2.24) is 14.7 Å². The van der Waals surface area contributed by atoms with Gasteiger partial charge in [-0.25, -0.2) is 0 Å². The Kier molecular flexibility index (Phi) is 11.8. The fourth-order valence-corrected chi connectivity index (χ4v) is 8.57. The van der Waals surface area contributed by atoms with Gasteiger partial charge in [-0.05, 0) is 57.4 Å². The smallest absolute Gasteiger partial charge is 0.313 e. The maximum atomic E-state index is 14.7. The molecular weight excluding hydrogens is 610 g/mol. The highest BCUT2D eigenvalue weighted by molar-refractivity contribution is 5.98. The number of rotatable bonds is 16. The molecule has 4 fully saturated rings. The van der Waals surface area contributed by atoms with Crippen LogP contribution < -0.4 is 0 Å². The maximum absolute atomic E-state index is 14.7. The van der Waals surface area contributed by atoms with Crippen LogP contribution in [0.3, 0.4) is 0 Å². The summed E-state index contributed by atoms with van der Waals surface area (Å²) >= 11 is 0. The van der Waals surface area contributed by atoms with Crippen LogP contribution >= 0.6 is 0 Å². The maximum Gasteiger partial charge on any atom is 0.313 e. The summed E-state index contributed by atoms with van der Waals surface area (Å²) in [4.78, 5) is 61.6. The number of likely N-dealkylation sites (tertiary alicyclic amines) is 1. The Bertz CT molecular complexity index is 1330. The van der Waals surface area contributed by atoms with E-state index in [1.54, 1.807) is 29.0 Å². The molecule has 7 atom stereocenters. The van der Waals surface area contributed by atoms with Gasteiger partial charge in [0.05, 0.1) is 24.0 Å². The van der Waals surface area contributed by atoms with Crippen LogP contribution in [0.2, 0.25) is 0 Å². The van der Waals surface area contributed by atoms with Gasteiger partial charge in [0.1, 0.15) is 17.7 Å². The number of nitrogens with zero attached hydrogens (tertiary/aromatic N) is 3. The van der Waals surface area contributed by atoms with Gasteiger partial charge >= 0.3 is 5.97 Å². The van der Waals surface area contributed by atoms with Gasteiger partial charge < -0.3 is 29.3 Å². The Balaban J connectivity index is 1.45. The number of unbranched alkanes of at least 4 members (excludes halogenated alkanes) is 1. The summed E-state index contributed by atoms with van der Waals surface area (Å²) in [5.74, 6) is -2.79. The van der Waals surface area contributed by atoms with Crippen molar-refractivity contribution >= 4 is 23.7 Å². The fourth-order valence-electron chi connectivity index (χ4n) is 8.57. The van der Waals surface area contributed by atoms with Gasteiger partial charge in [-0.3, -0.25) is 19.2 Å². The van der Waals surface area contributed by atoms with Crippen LogP contribution in [0.25, 0.3) is 0 Å². The van der Waals surface area contributed by atoms with Crippen molar-refractivity contribution in [1.29, 1.82) is 0 Å². The zero-order chi connectivity index (χ0) is 34.4. The van der Waals surface area contributed by atoms with Crippen LogP contribution in [-0.2, 0) is 28.7 Å². The molecule has 1 spiro atoms. The molecule has 0 unspecified atom stereocenters. The Hall–Kier alpha value is -3.50. The van der Waals surface area contributed by atoms with Crippen molar-refractivity contribution in [3.05, 3.63) is 61.2 Å². The van der Waals surface area contributed by atoms with Gasteiger partial charge in [0.15, 0.2) is 0 Å². The quantitative estimate of drug-likeness (QED) is 0.156. The number of amides is 3. The number of aliphatic hydroxyl groups excluding tert-OH is 1. The van der Waals surface area contributed by atoms with E-state index in [-0.39, 0.29) is 36.9 Å². The lowest BCUT2D eigenvalue weighted by Gasteiger charge is -2.40. The molecule has 2 bridgehead atoms. The molecule has 10 nitrogen and oxygen atoms in total. The number of allylic oxidation sites excluding steroid dienone is 1. The van der Waals surface area contributed by atoms with Crippen molar-refractivity contribution < 1.29 is 33.8 Å². The molecule has 1 aromatic carbocycles. The molecule has 0 radical (unpaired) electrons. The first-order chi connectivity index (χ1) is 23.2. The molecule has 1 N–H and O–H groups in total. The molecule has 3 aliphatic heterocycles. The second kappa shape index (κ2) is 15.8. The normalized spacial score (nSPS) is 27.6. The number of hydrogen-bond donors (Lipinski definition) is 1. The number of ether oxygens (including phenoxy) is 2. The number of carbonyl (C=O) groups is 4. The molecule has 48 heavy (non-hydrogen) atoms. The minimum absolute atomic E-state index is 0.0169. The lowest BCUT2D eigenvalue weighted by Crippen LogP contribution is -2.58. The summed E-state index contributed by atoms with van der Waals surface area (Å²) in [6.45, 7) is 10.1. The third-order valence-electron chi connectivity index (χ3n) is 11.1. The van der Waals surface area contributed by atoms with Crippen molar-refractivity contribution in [3.8, 4) is 0 Å². The highest BCUT2D eigenvalue weighted by atomic mass is 16.6. The molecule has 1 aliphatic carbocycles. The van der Waals surface area contributed by atoms with E-state index in [0.717, 1.165) is 37.7 Å². The number of carbonyl (C=O) groups excluding carboxylic acids is 4. The summed E-state index contributed by atoms with van der Waals surface area (Å²) < 4.78 is 13.0. The minimum Gasteiger partial charge on any atom is -0.455 e. The van der Waals surface area contributed by atoms with Gasteiger partial charge in [0.2, 0.25) is 17.7 Å². The van der Waals surface area contributed by atoms with Crippen molar-refractivity contribution in [2.75, 3.05) is 26.7 Å². The van der Waals surface area contributed by atoms with Gasteiger partial charge in [0, 0.05) is 39.2 Å². The average molecular weight is 664 g/mol. The zero-order valence-electron chi connectivity index (χ0n) is 28.6. The molecule has 3 saturated heterocycles. The molecule has 3 amide bonds. The van der Waals surface area contributed by atoms with E-state index in [1.807, 2.05) is 42.2 Å². The van der Waals surface area contributed by atoms with Crippen LogP contribution in [-0.4, -0.2) is 100 Å². The zero-order valence-corrected chi connectivity index (χ0v) is 28.6. The van der Waals surface area contributed by atoms with Crippen LogP contribution in [0.5, 0.6) is 0 Å². The van der Waals surface area contributed by atoms with E-state index in [9.17, 15) is 24.3 Å².